The molecule has 2 aliphatic heterocycles. The van der Waals surface area contributed by atoms with E-state index in [9.17, 15) is 43.5 Å². The number of rotatable bonds is 11. The van der Waals surface area contributed by atoms with E-state index >= 15 is 0 Å². The number of esters is 1. The minimum Gasteiger partial charge on any atom is -0.460 e. The van der Waals surface area contributed by atoms with Gasteiger partial charge in [-0.3, -0.25) is 33.6 Å². The van der Waals surface area contributed by atoms with E-state index < -0.39 is 108 Å². The minimum absolute atomic E-state index is 0.0473. The monoisotopic (exact) mass is 866 g/mol. The predicted octanol–water partition coefficient (Wildman–Crippen LogP) is 3.87. The molecule has 344 valence electrons. The summed E-state index contributed by atoms with van der Waals surface area (Å²) in [6.07, 6.45) is 1.12. The topological polar surface area (TPSA) is 209 Å². The van der Waals surface area contributed by atoms with E-state index in [0.29, 0.717) is 12.8 Å². The quantitative estimate of drug-likeness (QED) is 0.236. The number of fused-ring (bicyclic) bond motifs is 2. The van der Waals surface area contributed by atoms with Gasteiger partial charge in [0.05, 0.1) is 18.0 Å². The van der Waals surface area contributed by atoms with Gasteiger partial charge in [-0.2, -0.15) is 0 Å². The van der Waals surface area contributed by atoms with Gasteiger partial charge in [-0.1, -0.05) is 91.1 Å². The number of piperidine rings is 1. The lowest BCUT2D eigenvalue weighted by molar-refractivity contribution is -0.168. The zero-order valence-corrected chi connectivity index (χ0v) is 38.2. The Morgan fingerprint density at radius 3 is 2.08 bits per heavy atom. The zero-order chi connectivity index (χ0) is 46.0. The Labute approximate surface area is 367 Å². The molecule has 5 amide bonds. The van der Waals surface area contributed by atoms with Gasteiger partial charge >= 0.3 is 5.97 Å². The van der Waals surface area contributed by atoms with Crippen LogP contribution in [0.4, 0.5) is 0 Å². The summed E-state index contributed by atoms with van der Waals surface area (Å²) in [4.78, 5) is 116. The largest absolute Gasteiger partial charge is 0.460 e. The normalized spacial score (nSPS) is 28.5. The first-order valence-corrected chi connectivity index (χ1v) is 22.7. The second kappa shape index (κ2) is 22.6. The highest BCUT2D eigenvalue weighted by Gasteiger charge is 2.46. The fourth-order valence-electron chi connectivity index (χ4n) is 8.90. The Bertz CT molecular complexity index is 1760. The second-order valence-corrected chi connectivity index (χ2v) is 18.9. The first-order valence-electron chi connectivity index (χ1n) is 22.7. The van der Waals surface area contributed by atoms with Gasteiger partial charge in [-0.15, -0.1) is 0 Å². The van der Waals surface area contributed by atoms with Crippen LogP contribution in [0.1, 0.15) is 125 Å². The lowest BCUT2D eigenvalue weighted by Gasteiger charge is -2.43. The summed E-state index contributed by atoms with van der Waals surface area (Å²) in [6.45, 7) is 13.6. The molecule has 0 unspecified atom stereocenters. The number of hydrogen-bond acceptors (Lipinski definition) is 10. The van der Waals surface area contributed by atoms with Crippen LogP contribution in [0.15, 0.2) is 30.3 Å². The summed E-state index contributed by atoms with van der Waals surface area (Å²) in [5.41, 5.74) is 0.723. The molecule has 1 aliphatic carbocycles. The molecule has 15 heteroatoms. The number of hydrogen-bond donors (Lipinski definition) is 4. The average molecular weight is 866 g/mol. The van der Waals surface area contributed by atoms with Gasteiger partial charge in [0.1, 0.15) is 30.5 Å². The van der Waals surface area contributed by atoms with Crippen LogP contribution in [0.2, 0.25) is 0 Å². The van der Waals surface area contributed by atoms with Crippen LogP contribution < -0.4 is 16.0 Å². The fourth-order valence-corrected chi connectivity index (χ4v) is 8.90. The van der Waals surface area contributed by atoms with Crippen LogP contribution in [-0.4, -0.2) is 112 Å². The van der Waals surface area contributed by atoms with E-state index in [4.69, 9.17) is 4.74 Å². The summed E-state index contributed by atoms with van der Waals surface area (Å²) >= 11 is 0. The first kappa shape index (κ1) is 50.0. The molecular formula is C47H71N5O10. The van der Waals surface area contributed by atoms with Crippen molar-refractivity contribution in [2.45, 2.75) is 169 Å². The van der Waals surface area contributed by atoms with E-state index in [2.05, 4.69) is 16.0 Å². The summed E-state index contributed by atoms with van der Waals surface area (Å²) < 4.78 is 5.97. The van der Waals surface area contributed by atoms with Crippen molar-refractivity contribution in [3.05, 3.63) is 35.9 Å². The maximum atomic E-state index is 14.8. The number of ether oxygens (including phenoxy) is 1. The summed E-state index contributed by atoms with van der Waals surface area (Å²) in [7, 11) is 1.47. The minimum atomic E-state index is -1.33. The number of nitrogens with one attached hydrogen (secondary N) is 3. The number of cyclic esters (lactones) is 1. The standard InChI is InChI=1S/C47H71N5O10/c1-26(2)22-36-46(60)51(9)35(23-31-16-12-10-13-17-31)44(58)49-40(27(3)4)47(61)62-30(8)34(25-37(53)29(7)48-42(56)28(5)6)43(57)50-41(32-18-14-11-15-19-32)38(54)24-33-20-21-39(55)52(36)45(33)59/h10,12-13,16-17,26-30,32-36,39-41,55H,11,14-15,18-25H2,1-9H3,(H,48,56)(H,49,58)(H,50,57)/t29-,30+,33+,34-,35-,36-,39+,40-,41-/m0/s1. The number of amides is 5. The molecule has 0 aromatic heterocycles. The van der Waals surface area contributed by atoms with Gasteiger partial charge in [0.2, 0.25) is 29.5 Å². The van der Waals surface area contributed by atoms with Crippen molar-refractivity contribution < 1.29 is 48.2 Å². The summed E-state index contributed by atoms with van der Waals surface area (Å²) in [6, 6.07) is 3.41. The van der Waals surface area contributed by atoms with Crippen molar-refractivity contribution in [2.75, 3.05) is 7.05 Å². The molecule has 0 spiro atoms. The molecule has 2 heterocycles. The third kappa shape index (κ3) is 12.9. The van der Waals surface area contributed by atoms with Crippen LogP contribution in [0, 0.1) is 35.5 Å². The number of benzene rings is 1. The zero-order valence-electron chi connectivity index (χ0n) is 38.2. The Morgan fingerprint density at radius 2 is 1.48 bits per heavy atom. The van der Waals surface area contributed by atoms with Gasteiger partial charge in [0.15, 0.2) is 11.6 Å². The van der Waals surface area contributed by atoms with E-state index in [1.807, 2.05) is 32.0 Å². The molecule has 0 radical (unpaired) electrons. The van der Waals surface area contributed by atoms with Crippen molar-refractivity contribution in [1.82, 2.24) is 25.8 Å². The van der Waals surface area contributed by atoms with Crippen molar-refractivity contribution in [3.8, 4) is 0 Å². The van der Waals surface area contributed by atoms with Crippen LogP contribution in [-0.2, 0) is 49.5 Å². The van der Waals surface area contributed by atoms with Crippen molar-refractivity contribution in [2.24, 2.45) is 35.5 Å². The van der Waals surface area contributed by atoms with Crippen molar-refractivity contribution in [3.63, 3.8) is 0 Å². The van der Waals surface area contributed by atoms with Gasteiger partial charge in [-0.25, -0.2) is 4.79 Å². The van der Waals surface area contributed by atoms with Crippen LogP contribution >= 0.6 is 0 Å². The molecule has 9 atom stereocenters. The van der Waals surface area contributed by atoms with Crippen LogP contribution in [0.3, 0.4) is 0 Å². The number of carbonyl (C=O) groups excluding carboxylic acids is 8. The Hall–Kier alpha value is -4.66. The van der Waals surface area contributed by atoms with Gasteiger partial charge in [-0.05, 0) is 69.3 Å². The molecular weight excluding hydrogens is 795 g/mol. The molecule has 3 aliphatic rings. The van der Waals surface area contributed by atoms with Crippen LogP contribution in [0.25, 0.3) is 0 Å². The third-order valence-electron chi connectivity index (χ3n) is 12.8. The highest BCUT2D eigenvalue weighted by molar-refractivity contribution is 5.98. The smallest absolute Gasteiger partial charge is 0.329 e. The molecule has 3 fully saturated rings. The lowest BCUT2D eigenvalue weighted by atomic mass is 9.79. The predicted molar refractivity (Wildman–Crippen MR) is 232 cm³/mol. The first-order chi connectivity index (χ1) is 29.2. The van der Waals surface area contributed by atoms with Gasteiger partial charge < -0.3 is 35.6 Å². The second-order valence-electron chi connectivity index (χ2n) is 18.9. The summed E-state index contributed by atoms with van der Waals surface area (Å²) in [5, 5.41) is 19.9. The molecule has 1 saturated carbocycles. The number of likely N-dealkylation sites (N-methyl/N-ethyl adjacent to an activating group) is 1. The SMILES string of the molecule is CC(C)C[C@H]1C(=O)N(C)[C@@H](Cc2ccccc2)C(=O)N[C@@H](C(C)C)C(=O)O[C@H](C)[C@H](CC(=O)[C@H](C)NC(=O)C(C)C)C(=O)N[C@@H](C2CCCCC2)C(=O)C[C@H]2CC[C@@H](O)N1C2=O. The number of aliphatic hydroxyl groups excluding tert-OH is 1. The molecule has 4 N–H and O–H groups in total. The van der Waals surface area contributed by atoms with Crippen molar-refractivity contribution >= 4 is 47.1 Å². The Morgan fingerprint density at radius 1 is 0.839 bits per heavy atom. The Kier molecular flexibility index (Phi) is 18.2. The molecule has 15 nitrogen and oxygen atoms in total. The number of carbonyl (C=O) groups is 8. The number of aliphatic hydroxyl groups is 1. The number of nitrogens with zero attached hydrogens (tertiary/aromatic N) is 2. The fraction of sp³-hybridized carbons (Fsp3) is 0.702. The van der Waals surface area contributed by atoms with E-state index in [1.54, 1.807) is 39.8 Å². The van der Waals surface area contributed by atoms with Gasteiger partial charge in [0, 0.05) is 38.1 Å². The molecule has 62 heavy (non-hydrogen) atoms. The highest BCUT2D eigenvalue weighted by atomic mass is 16.5. The lowest BCUT2D eigenvalue weighted by Crippen LogP contribution is -2.61. The average Bonchev–Trinajstić information content (AvgIpc) is 3.22. The van der Waals surface area contributed by atoms with E-state index in [1.165, 1.54) is 30.7 Å². The Balaban J connectivity index is 1.85. The molecule has 4 rings (SSSR count). The molecule has 2 saturated heterocycles. The van der Waals surface area contributed by atoms with Crippen LogP contribution in [0.5, 0.6) is 0 Å². The molecule has 1 aromatic rings. The number of Topliss-reactive ketones (excluding diaryl/α,β-unsaturated/α-hetero) is 2. The van der Waals surface area contributed by atoms with Gasteiger partial charge in [0.25, 0.3) is 0 Å². The maximum Gasteiger partial charge on any atom is 0.329 e. The molecule has 2 bridgehead atoms. The van der Waals surface area contributed by atoms with E-state index in [-0.39, 0.29) is 55.6 Å². The maximum absolute atomic E-state index is 14.8. The third-order valence-corrected chi connectivity index (χ3v) is 12.8. The van der Waals surface area contributed by atoms with Crippen molar-refractivity contribution in [1.29, 1.82) is 0 Å². The van der Waals surface area contributed by atoms with E-state index in [0.717, 1.165) is 24.8 Å². The number of ketones is 2. The highest BCUT2D eigenvalue weighted by Crippen LogP contribution is 2.33. The summed E-state index contributed by atoms with van der Waals surface area (Å²) in [5.74, 6) is -8.15. The molecule has 1 aromatic carbocycles.